The summed E-state index contributed by atoms with van der Waals surface area (Å²) >= 11 is 0. The molecule has 0 aromatic carbocycles. The lowest BCUT2D eigenvalue weighted by atomic mass is 10.0. The number of methoxy groups -OCH3 is 1. The Bertz CT molecular complexity index is 246. The predicted molar refractivity (Wildman–Crippen MR) is 59.0 cm³/mol. The molecule has 1 heterocycles. The first-order chi connectivity index (χ1) is 7.40. The van der Waals surface area contributed by atoms with E-state index in [-0.39, 0.29) is 18.2 Å². The maximum absolute atomic E-state index is 11.7. The molecule has 1 aliphatic heterocycles. The van der Waals surface area contributed by atoms with Gasteiger partial charge in [0, 0.05) is 26.6 Å². The van der Waals surface area contributed by atoms with Gasteiger partial charge in [0.05, 0.1) is 18.8 Å². The number of ether oxygens (including phenoxy) is 3. The summed E-state index contributed by atoms with van der Waals surface area (Å²) in [5.74, 6) is -0.378. The molecule has 1 saturated heterocycles. The first-order valence-electron chi connectivity index (χ1n) is 5.49. The number of carbonyl (C=O) groups is 1. The minimum Gasteiger partial charge on any atom is -0.464 e. The van der Waals surface area contributed by atoms with Gasteiger partial charge in [-0.25, -0.2) is 4.79 Å². The summed E-state index contributed by atoms with van der Waals surface area (Å²) in [7, 11) is 1.64. The van der Waals surface area contributed by atoms with Crippen LogP contribution in [0.25, 0.3) is 0 Å². The molecule has 1 aliphatic rings. The van der Waals surface area contributed by atoms with Crippen LogP contribution in [0.2, 0.25) is 0 Å². The maximum Gasteiger partial charge on any atom is 0.328 e. The zero-order valence-corrected chi connectivity index (χ0v) is 10.2. The minimum atomic E-state index is -0.947. The highest BCUT2D eigenvalue weighted by atomic mass is 16.5. The standard InChI is InChI=1S/C11H21NO4/c1-10(2,14-3)4-7-16-9(13)11(12)5-6-15-8-11/h4-8,12H2,1-3H3. The Morgan fingerprint density at radius 3 is 2.75 bits per heavy atom. The molecule has 0 saturated carbocycles. The summed E-state index contributed by atoms with van der Waals surface area (Å²) in [4.78, 5) is 11.7. The molecule has 94 valence electrons. The van der Waals surface area contributed by atoms with Crippen molar-refractivity contribution >= 4 is 5.97 Å². The molecule has 2 N–H and O–H groups in total. The molecule has 0 radical (unpaired) electrons. The molecule has 0 bridgehead atoms. The monoisotopic (exact) mass is 231 g/mol. The van der Waals surface area contributed by atoms with Gasteiger partial charge < -0.3 is 19.9 Å². The van der Waals surface area contributed by atoms with E-state index in [1.165, 1.54) is 0 Å². The van der Waals surface area contributed by atoms with Crippen molar-refractivity contribution in [3.05, 3.63) is 0 Å². The lowest BCUT2D eigenvalue weighted by Crippen LogP contribution is -2.49. The van der Waals surface area contributed by atoms with Gasteiger partial charge in [-0.05, 0) is 13.8 Å². The number of hydrogen-bond donors (Lipinski definition) is 1. The summed E-state index contributed by atoms with van der Waals surface area (Å²) in [6, 6.07) is 0. The molecule has 1 atom stereocenters. The number of carbonyl (C=O) groups excluding carboxylic acids is 1. The van der Waals surface area contributed by atoms with Crippen LogP contribution < -0.4 is 5.73 Å². The topological polar surface area (TPSA) is 70.8 Å². The Morgan fingerprint density at radius 1 is 1.56 bits per heavy atom. The summed E-state index contributed by atoms with van der Waals surface area (Å²) in [5.41, 5.74) is 4.62. The average molecular weight is 231 g/mol. The van der Waals surface area contributed by atoms with Crippen molar-refractivity contribution in [3.63, 3.8) is 0 Å². The molecule has 5 nitrogen and oxygen atoms in total. The van der Waals surface area contributed by atoms with Crippen molar-refractivity contribution in [2.24, 2.45) is 5.73 Å². The van der Waals surface area contributed by atoms with Crippen molar-refractivity contribution in [1.29, 1.82) is 0 Å². The molecule has 0 amide bonds. The molecule has 0 aromatic heterocycles. The third-order valence-electron chi connectivity index (χ3n) is 2.95. The first kappa shape index (κ1) is 13.4. The molecule has 0 aliphatic carbocycles. The number of esters is 1. The molecule has 5 heteroatoms. The van der Waals surface area contributed by atoms with E-state index in [2.05, 4.69) is 0 Å². The molecule has 16 heavy (non-hydrogen) atoms. The van der Waals surface area contributed by atoms with Crippen molar-refractivity contribution in [2.75, 3.05) is 26.9 Å². The Labute approximate surface area is 96.2 Å². The fourth-order valence-electron chi connectivity index (χ4n) is 1.38. The third-order valence-corrected chi connectivity index (χ3v) is 2.95. The highest BCUT2D eigenvalue weighted by molar-refractivity contribution is 5.81. The summed E-state index contributed by atoms with van der Waals surface area (Å²) in [6.07, 6.45) is 1.17. The van der Waals surface area contributed by atoms with Gasteiger partial charge in [0.25, 0.3) is 0 Å². The van der Waals surface area contributed by atoms with Gasteiger partial charge in [0.1, 0.15) is 5.54 Å². The van der Waals surface area contributed by atoms with Crippen molar-refractivity contribution in [2.45, 2.75) is 37.8 Å². The summed E-state index contributed by atoms with van der Waals surface area (Å²) in [6.45, 7) is 4.97. The predicted octanol–water partition coefficient (Wildman–Crippen LogP) is 0.463. The Morgan fingerprint density at radius 2 is 2.25 bits per heavy atom. The van der Waals surface area contributed by atoms with E-state index in [4.69, 9.17) is 19.9 Å². The van der Waals surface area contributed by atoms with Crippen LogP contribution in [0.3, 0.4) is 0 Å². The van der Waals surface area contributed by atoms with E-state index in [0.717, 1.165) is 0 Å². The van der Waals surface area contributed by atoms with E-state index >= 15 is 0 Å². The van der Waals surface area contributed by atoms with Gasteiger partial charge >= 0.3 is 5.97 Å². The van der Waals surface area contributed by atoms with Gasteiger partial charge in [0.15, 0.2) is 0 Å². The zero-order valence-electron chi connectivity index (χ0n) is 10.2. The van der Waals surface area contributed by atoms with Crippen LogP contribution in [0.1, 0.15) is 26.7 Å². The average Bonchev–Trinajstić information content (AvgIpc) is 2.66. The number of nitrogens with two attached hydrogens (primary N) is 1. The number of rotatable bonds is 5. The summed E-state index contributed by atoms with van der Waals surface area (Å²) in [5, 5.41) is 0. The molecular formula is C11H21NO4. The highest BCUT2D eigenvalue weighted by Gasteiger charge is 2.39. The third kappa shape index (κ3) is 3.43. The molecule has 1 rings (SSSR count). The van der Waals surface area contributed by atoms with E-state index in [9.17, 15) is 4.79 Å². The second kappa shape index (κ2) is 5.12. The Hall–Kier alpha value is -0.650. The van der Waals surface area contributed by atoms with Crippen LogP contribution in [0.15, 0.2) is 0 Å². The maximum atomic E-state index is 11.7. The molecule has 1 unspecified atom stereocenters. The fraction of sp³-hybridized carbons (Fsp3) is 0.909. The second-order valence-electron chi connectivity index (χ2n) is 4.81. The van der Waals surface area contributed by atoms with Crippen molar-refractivity contribution in [3.8, 4) is 0 Å². The Balaban J connectivity index is 2.30. The van der Waals surface area contributed by atoms with E-state index in [0.29, 0.717) is 26.1 Å². The second-order valence-corrected chi connectivity index (χ2v) is 4.81. The van der Waals surface area contributed by atoms with E-state index in [1.54, 1.807) is 7.11 Å². The normalized spacial score (nSPS) is 25.8. The lowest BCUT2D eigenvalue weighted by molar-refractivity contribution is -0.151. The molecule has 1 fully saturated rings. The smallest absolute Gasteiger partial charge is 0.328 e. The van der Waals surface area contributed by atoms with Gasteiger partial charge in [-0.3, -0.25) is 0 Å². The van der Waals surface area contributed by atoms with Gasteiger partial charge in [0.2, 0.25) is 0 Å². The van der Waals surface area contributed by atoms with Crippen LogP contribution in [-0.4, -0.2) is 44.0 Å². The Kier molecular flexibility index (Phi) is 4.29. The highest BCUT2D eigenvalue weighted by Crippen LogP contribution is 2.18. The van der Waals surface area contributed by atoms with Gasteiger partial charge in [-0.1, -0.05) is 0 Å². The van der Waals surface area contributed by atoms with Crippen molar-refractivity contribution < 1.29 is 19.0 Å². The molecular weight excluding hydrogens is 210 g/mol. The first-order valence-corrected chi connectivity index (χ1v) is 5.49. The SMILES string of the molecule is COC(C)(C)CCOC(=O)C1(N)CCOC1. The largest absolute Gasteiger partial charge is 0.464 e. The van der Waals surface area contributed by atoms with Gasteiger partial charge in [-0.15, -0.1) is 0 Å². The van der Waals surface area contributed by atoms with E-state index < -0.39 is 5.54 Å². The number of hydrogen-bond acceptors (Lipinski definition) is 5. The minimum absolute atomic E-state index is 0.250. The zero-order chi connectivity index (χ0) is 12.2. The van der Waals surface area contributed by atoms with Crippen LogP contribution >= 0.6 is 0 Å². The molecule has 0 aromatic rings. The lowest BCUT2D eigenvalue weighted by Gasteiger charge is -2.24. The summed E-state index contributed by atoms with van der Waals surface area (Å²) < 4.78 is 15.5. The van der Waals surface area contributed by atoms with Crippen LogP contribution in [0, 0.1) is 0 Å². The molecule has 0 spiro atoms. The van der Waals surface area contributed by atoms with Crippen LogP contribution in [0.4, 0.5) is 0 Å². The van der Waals surface area contributed by atoms with Crippen molar-refractivity contribution in [1.82, 2.24) is 0 Å². The quantitative estimate of drug-likeness (QED) is 0.696. The van der Waals surface area contributed by atoms with Gasteiger partial charge in [-0.2, -0.15) is 0 Å². The fourth-order valence-corrected chi connectivity index (χ4v) is 1.38. The van der Waals surface area contributed by atoms with Crippen LogP contribution in [-0.2, 0) is 19.0 Å². The van der Waals surface area contributed by atoms with Crippen LogP contribution in [0.5, 0.6) is 0 Å². The van der Waals surface area contributed by atoms with E-state index in [1.807, 2.05) is 13.8 Å².